The summed E-state index contributed by atoms with van der Waals surface area (Å²) in [6.07, 6.45) is 0.0334. The van der Waals surface area contributed by atoms with Gasteiger partial charge in [-0.3, -0.25) is 9.59 Å². The van der Waals surface area contributed by atoms with Crippen molar-refractivity contribution in [2.45, 2.75) is 76.4 Å². The van der Waals surface area contributed by atoms with Crippen molar-refractivity contribution in [2.75, 3.05) is 16.8 Å². The Kier molecular flexibility index (Phi) is 7.91. The minimum absolute atomic E-state index is 0.0348. The van der Waals surface area contributed by atoms with E-state index in [1.165, 1.54) is 0 Å². The number of carbonyl (C=O) groups is 2. The van der Waals surface area contributed by atoms with Gasteiger partial charge in [0, 0.05) is 12.6 Å². The molecule has 0 spiro atoms. The quantitative estimate of drug-likeness (QED) is 0.413. The number of carboxylic acid groups (broad SMARTS) is 1. The summed E-state index contributed by atoms with van der Waals surface area (Å²) in [5.41, 5.74) is 3.73. The number of benzene rings is 2. The second-order valence-electron chi connectivity index (χ2n) is 10.1. The molecule has 36 heavy (non-hydrogen) atoms. The van der Waals surface area contributed by atoms with E-state index in [1.54, 1.807) is 17.0 Å². The molecule has 0 aliphatic heterocycles. The largest absolute Gasteiger partial charge is 0.481 e. The van der Waals surface area contributed by atoms with E-state index in [-0.39, 0.29) is 30.8 Å². The van der Waals surface area contributed by atoms with E-state index < -0.39 is 24.5 Å². The van der Waals surface area contributed by atoms with Crippen LogP contribution < -0.4 is 10.2 Å². The van der Waals surface area contributed by atoms with Gasteiger partial charge in [-0.25, -0.2) is 0 Å². The molecule has 4 rings (SSSR count). The molecule has 0 radical (unpaired) electrons. The molecule has 2 N–H and O–H groups in total. The van der Waals surface area contributed by atoms with Gasteiger partial charge in [-0.1, -0.05) is 55.2 Å². The van der Waals surface area contributed by atoms with Gasteiger partial charge in [0.1, 0.15) is 0 Å². The monoisotopic (exact) mass is 502 g/mol. The molecule has 0 heterocycles. The molecular formula is C28H33F3N2O3. The van der Waals surface area contributed by atoms with Crippen LogP contribution in [0.2, 0.25) is 0 Å². The van der Waals surface area contributed by atoms with Crippen LogP contribution in [-0.2, 0) is 16.0 Å². The van der Waals surface area contributed by atoms with E-state index in [9.17, 15) is 27.9 Å². The smallest absolute Gasteiger partial charge is 0.390 e. The molecule has 5 nitrogen and oxygen atoms in total. The van der Waals surface area contributed by atoms with Crippen LogP contribution in [0.15, 0.2) is 42.5 Å². The fourth-order valence-corrected chi connectivity index (χ4v) is 5.20. The predicted molar refractivity (Wildman–Crippen MR) is 133 cm³/mol. The van der Waals surface area contributed by atoms with Crippen molar-refractivity contribution in [1.29, 1.82) is 0 Å². The van der Waals surface area contributed by atoms with Gasteiger partial charge in [0.05, 0.1) is 30.1 Å². The van der Waals surface area contributed by atoms with Crippen LogP contribution >= 0.6 is 0 Å². The van der Waals surface area contributed by atoms with Crippen LogP contribution in [-0.4, -0.2) is 35.7 Å². The first-order chi connectivity index (χ1) is 17.1. The standard InChI is InChI=1S/C28H33F3N2O3/c1-18-7-9-19(10-8-18)15-26(34)32-24-16-20(22-17-23(22)27(35)36)11-12-25(24)33(14-13-28(29,30)31)21-5-3-2-4-6-21/h7-12,16,21-23H,2-6,13-15,17H2,1H3,(H,32,34)(H,35,36)/t22?,23-/m0/s1. The van der Waals surface area contributed by atoms with Crippen LogP contribution in [0.4, 0.5) is 24.5 Å². The lowest BCUT2D eigenvalue weighted by Gasteiger charge is -2.37. The maximum Gasteiger partial charge on any atom is 0.390 e. The molecule has 2 aliphatic rings. The average molecular weight is 503 g/mol. The SMILES string of the molecule is Cc1ccc(CC(=O)Nc2cc(C3C[C@@H]3C(=O)O)ccc2N(CCC(F)(F)F)C2CCCCC2)cc1. The number of amides is 1. The zero-order valence-electron chi connectivity index (χ0n) is 20.5. The summed E-state index contributed by atoms with van der Waals surface area (Å²) in [6.45, 7) is 1.78. The number of aryl methyl sites for hydroxylation is 1. The Hall–Kier alpha value is -3.03. The summed E-state index contributed by atoms with van der Waals surface area (Å²) in [5, 5.41) is 12.3. The fourth-order valence-electron chi connectivity index (χ4n) is 5.20. The maximum absolute atomic E-state index is 13.2. The van der Waals surface area contributed by atoms with Crippen LogP contribution in [0, 0.1) is 12.8 Å². The van der Waals surface area contributed by atoms with Gasteiger partial charge in [0.15, 0.2) is 0 Å². The number of nitrogens with one attached hydrogen (secondary N) is 1. The van der Waals surface area contributed by atoms with Crippen molar-refractivity contribution in [3.05, 3.63) is 59.2 Å². The van der Waals surface area contributed by atoms with Crippen LogP contribution in [0.1, 0.15) is 67.6 Å². The Morgan fingerprint density at radius 3 is 2.36 bits per heavy atom. The van der Waals surface area contributed by atoms with Crippen LogP contribution in [0.5, 0.6) is 0 Å². The molecule has 2 aromatic rings. The van der Waals surface area contributed by atoms with E-state index in [4.69, 9.17) is 0 Å². The van der Waals surface area contributed by atoms with E-state index in [2.05, 4.69) is 5.32 Å². The first-order valence-electron chi connectivity index (χ1n) is 12.7. The molecule has 0 aromatic heterocycles. The number of aliphatic carboxylic acids is 1. The van der Waals surface area contributed by atoms with Gasteiger partial charge in [-0.15, -0.1) is 0 Å². The number of anilines is 2. The molecule has 8 heteroatoms. The number of hydrogen-bond acceptors (Lipinski definition) is 3. The van der Waals surface area contributed by atoms with Gasteiger partial charge < -0.3 is 15.3 Å². The summed E-state index contributed by atoms with van der Waals surface area (Å²) in [6, 6.07) is 12.9. The number of carbonyl (C=O) groups excluding carboxylic acids is 1. The zero-order chi connectivity index (χ0) is 25.9. The second-order valence-corrected chi connectivity index (χ2v) is 10.1. The third-order valence-corrected chi connectivity index (χ3v) is 7.28. The molecule has 2 aliphatic carbocycles. The Balaban J connectivity index is 1.63. The zero-order valence-corrected chi connectivity index (χ0v) is 20.5. The minimum atomic E-state index is -4.29. The molecule has 2 aromatic carbocycles. The number of halogens is 3. The Morgan fingerprint density at radius 2 is 1.75 bits per heavy atom. The van der Waals surface area contributed by atoms with Crippen molar-refractivity contribution < 1.29 is 27.9 Å². The number of alkyl halides is 3. The average Bonchev–Trinajstić information content (AvgIpc) is 3.63. The summed E-state index contributed by atoms with van der Waals surface area (Å²) < 4.78 is 39.7. The molecule has 194 valence electrons. The van der Waals surface area contributed by atoms with E-state index in [0.717, 1.165) is 48.8 Å². The summed E-state index contributed by atoms with van der Waals surface area (Å²) in [7, 11) is 0. The summed E-state index contributed by atoms with van der Waals surface area (Å²) in [5.74, 6) is -1.74. The van der Waals surface area contributed by atoms with Crippen molar-refractivity contribution >= 4 is 23.3 Å². The highest BCUT2D eigenvalue weighted by Gasteiger charge is 2.44. The first kappa shape index (κ1) is 26.0. The van der Waals surface area contributed by atoms with Crippen molar-refractivity contribution in [1.82, 2.24) is 0 Å². The lowest BCUT2D eigenvalue weighted by atomic mass is 9.93. The number of carboxylic acids is 1. The molecule has 2 fully saturated rings. The van der Waals surface area contributed by atoms with Crippen molar-refractivity contribution in [3.63, 3.8) is 0 Å². The topological polar surface area (TPSA) is 69.6 Å². The summed E-state index contributed by atoms with van der Waals surface area (Å²) >= 11 is 0. The van der Waals surface area contributed by atoms with Crippen LogP contribution in [0.25, 0.3) is 0 Å². The Bertz CT molecular complexity index is 1080. The molecule has 0 saturated heterocycles. The minimum Gasteiger partial charge on any atom is -0.481 e. The molecule has 1 amide bonds. The van der Waals surface area contributed by atoms with Crippen molar-refractivity contribution in [3.8, 4) is 0 Å². The molecule has 1 unspecified atom stereocenters. The number of nitrogens with zero attached hydrogens (tertiary/aromatic N) is 1. The fraction of sp³-hybridized carbons (Fsp3) is 0.500. The lowest BCUT2D eigenvalue weighted by Crippen LogP contribution is -2.39. The number of hydrogen-bond donors (Lipinski definition) is 2. The summed E-state index contributed by atoms with van der Waals surface area (Å²) in [4.78, 5) is 26.2. The molecule has 2 saturated carbocycles. The molecule has 0 bridgehead atoms. The van der Waals surface area contributed by atoms with Gasteiger partial charge in [0.2, 0.25) is 5.91 Å². The van der Waals surface area contributed by atoms with Crippen molar-refractivity contribution in [2.24, 2.45) is 5.92 Å². The highest BCUT2D eigenvalue weighted by atomic mass is 19.4. The van der Waals surface area contributed by atoms with E-state index in [1.807, 2.05) is 37.3 Å². The van der Waals surface area contributed by atoms with E-state index >= 15 is 0 Å². The van der Waals surface area contributed by atoms with Gasteiger partial charge >= 0.3 is 12.1 Å². The Morgan fingerprint density at radius 1 is 1.06 bits per heavy atom. The van der Waals surface area contributed by atoms with Gasteiger partial charge in [-0.2, -0.15) is 13.2 Å². The number of rotatable bonds is 9. The third kappa shape index (κ3) is 6.80. The van der Waals surface area contributed by atoms with Crippen LogP contribution in [0.3, 0.4) is 0 Å². The van der Waals surface area contributed by atoms with Gasteiger partial charge in [0.25, 0.3) is 0 Å². The lowest BCUT2D eigenvalue weighted by molar-refractivity contribution is -0.138. The maximum atomic E-state index is 13.2. The van der Waals surface area contributed by atoms with Gasteiger partial charge in [-0.05, 0) is 55.4 Å². The predicted octanol–water partition coefficient (Wildman–Crippen LogP) is 6.46. The highest BCUT2D eigenvalue weighted by molar-refractivity contribution is 5.96. The Labute approximate surface area is 209 Å². The normalized spacial score (nSPS) is 20.1. The molecule has 2 atom stereocenters. The van der Waals surface area contributed by atoms with E-state index in [0.29, 0.717) is 17.8 Å². The third-order valence-electron chi connectivity index (χ3n) is 7.28. The highest BCUT2D eigenvalue weighted by Crippen LogP contribution is 2.49. The molecular weight excluding hydrogens is 469 g/mol. The second kappa shape index (κ2) is 10.9. The first-order valence-corrected chi connectivity index (χ1v) is 12.7.